The Hall–Kier alpha value is -1.83. The number of halogens is 2. The molecule has 0 fully saturated rings. The monoisotopic (exact) mass is 278 g/mol. The summed E-state index contributed by atoms with van der Waals surface area (Å²) in [6, 6.07) is 4.71. The van der Waals surface area contributed by atoms with Crippen LogP contribution in [0.3, 0.4) is 0 Å². The van der Waals surface area contributed by atoms with Crippen molar-refractivity contribution in [2.24, 2.45) is 0 Å². The summed E-state index contributed by atoms with van der Waals surface area (Å²) < 4.78 is 15.5. The van der Waals surface area contributed by atoms with Crippen molar-refractivity contribution in [2.75, 3.05) is 6.61 Å². The van der Waals surface area contributed by atoms with Gasteiger partial charge in [0.15, 0.2) is 0 Å². The van der Waals surface area contributed by atoms with Crippen molar-refractivity contribution >= 4 is 11.6 Å². The van der Waals surface area contributed by atoms with Crippen LogP contribution >= 0.6 is 11.6 Å². The molecule has 0 unspecified atom stereocenters. The minimum atomic E-state index is -0.351. The van der Waals surface area contributed by atoms with Crippen LogP contribution in [0.25, 0.3) is 0 Å². The van der Waals surface area contributed by atoms with Gasteiger partial charge in [0.05, 0.1) is 23.5 Å². The fraction of sp³-hybridized carbons (Fsp3) is 0.214. The molecule has 0 bridgehead atoms. The van der Waals surface area contributed by atoms with Gasteiger partial charge in [-0.15, -0.1) is 0 Å². The molecule has 2 rings (SSSR count). The van der Waals surface area contributed by atoms with E-state index in [0.717, 1.165) is 5.69 Å². The van der Waals surface area contributed by atoms with Gasteiger partial charge in [0.2, 0.25) is 0 Å². The zero-order chi connectivity index (χ0) is 13.8. The molecule has 0 spiro atoms. The molecule has 0 saturated heterocycles. The second-order valence-corrected chi connectivity index (χ2v) is 4.41. The van der Waals surface area contributed by atoms with Crippen LogP contribution in [0.4, 0.5) is 4.39 Å². The molecule has 2 aromatic rings. The summed E-state index contributed by atoms with van der Waals surface area (Å²) in [7, 11) is 0. The van der Waals surface area contributed by atoms with E-state index in [4.69, 9.17) is 16.7 Å². The molecule has 19 heavy (non-hydrogen) atoms. The predicted molar refractivity (Wildman–Crippen MR) is 71.4 cm³/mol. The molecule has 0 radical (unpaired) electrons. The summed E-state index contributed by atoms with van der Waals surface area (Å²) >= 11 is 5.90. The third kappa shape index (κ3) is 3.14. The molecular formula is C14H12ClFN2O. The molecule has 0 amide bonds. The first-order valence-corrected chi connectivity index (χ1v) is 6.05. The number of hydrogen-bond acceptors (Lipinski definition) is 2. The highest BCUT2D eigenvalue weighted by Gasteiger charge is 2.08. The fourth-order valence-corrected chi connectivity index (χ4v) is 1.78. The summed E-state index contributed by atoms with van der Waals surface area (Å²) in [6.07, 6.45) is 1.54. The summed E-state index contributed by atoms with van der Waals surface area (Å²) in [6.45, 7) is 1.90. The third-order valence-electron chi connectivity index (χ3n) is 2.73. The van der Waals surface area contributed by atoms with Crippen molar-refractivity contribution in [2.45, 2.75) is 13.5 Å². The van der Waals surface area contributed by atoms with E-state index in [-0.39, 0.29) is 12.4 Å². The molecule has 0 saturated carbocycles. The molecule has 0 aliphatic heterocycles. The average Bonchev–Trinajstić information content (AvgIpc) is 2.71. The molecule has 1 aromatic carbocycles. The van der Waals surface area contributed by atoms with Gasteiger partial charge in [-0.25, -0.2) is 4.39 Å². The van der Waals surface area contributed by atoms with Gasteiger partial charge in [-0.05, 0) is 19.1 Å². The van der Waals surface area contributed by atoms with Gasteiger partial charge < -0.3 is 5.11 Å². The smallest absolute Gasteiger partial charge is 0.129 e. The summed E-state index contributed by atoms with van der Waals surface area (Å²) in [5, 5.41) is 13.2. The normalized spacial score (nSPS) is 10.1. The van der Waals surface area contributed by atoms with Crippen molar-refractivity contribution < 1.29 is 9.50 Å². The van der Waals surface area contributed by atoms with Gasteiger partial charge in [0, 0.05) is 11.1 Å². The lowest BCUT2D eigenvalue weighted by molar-refractivity contribution is 0.350. The molecular weight excluding hydrogens is 267 g/mol. The Morgan fingerprint density at radius 1 is 1.47 bits per heavy atom. The largest absolute Gasteiger partial charge is 0.384 e. The van der Waals surface area contributed by atoms with Gasteiger partial charge in [-0.3, -0.25) is 4.68 Å². The van der Waals surface area contributed by atoms with Gasteiger partial charge in [0.1, 0.15) is 12.4 Å². The van der Waals surface area contributed by atoms with Crippen molar-refractivity contribution in [1.82, 2.24) is 9.78 Å². The lowest BCUT2D eigenvalue weighted by Crippen LogP contribution is -2.05. The first-order valence-electron chi connectivity index (χ1n) is 5.68. The first kappa shape index (κ1) is 13.6. The van der Waals surface area contributed by atoms with E-state index in [2.05, 4.69) is 16.9 Å². The Morgan fingerprint density at radius 2 is 2.26 bits per heavy atom. The van der Waals surface area contributed by atoms with E-state index in [1.165, 1.54) is 12.3 Å². The summed E-state index contributed by atoms with van der Waals surface area (Å²) in [5.74, 6) is 4.78. The lowest BCUT2D eigenvalue weighted by Gasteiger charge is -2.06. The number of aliphatic hydroxyl groups excluding tert-OH is 1. The number of aromatic nitrogens is 2. The van der Waals surface area contributed by atoms with E-state index >= 15 is 0 Å². The number of hydrogen-bond donors (Lipinski definition) is 1. The van der Waals surface area contributed by atoms with Crippen LogP contribution in [0.2, 0.25) is 5.02 Å². The van der Waals surface area contributed by atoms with Crippen molar-refractivity contribution in [1.29, 1.82) is 0 Å². The van der Waals surface area contributed by atoms with Gasteiger partial charge in [-0.1, -0.05) is 29.5 Å². The lowest BCUT2D eigenvalue weighted by atomic mass is 10.1. The van der Waals surface area contributed by atoms with E-state index in [0.29, 0.717) is 22.7 Å². The first-order chi connectivity index (χ1) is 9.11. The summed E-state index contributed by atoms with van der Waals surface area (Å²) in [5.41, 5.74) is 1.84. The van der Waals surface area contributed by atoms with Gasteiger partial charge in [0.25, 0.3) is 0 Å². The van der Waals surface area contributed by atoms with E-state index in [1.807, 2.05) is 6.92 Å². The van der Waals surface area contributed by atoms with E-state index in [9.17, 15) is 4.39 Å². The zero-order valence-electron chi connectivity index (χ0n) is 10.3. The molecule has 0 atom stereocenters. The maximum Gasteiger partial charge on any atom is 0.129 e. The molecule has 0 aliphatic carbocycles. The minimum absolute atomic E-state index is 0.242. The highest BCUT2D eigenvalue weighted by molar-refractivity contribution is 6.31. The van der Waals surface area contributed by atoms with Crippen LogP contribution in [-0.2, 0) is 6.54 Å². The molecule has 0 aliphatic rings. The maximum absolute atomic E-state index is 13.9. The molecule has 98 valence electrons. The van der Waals surface area contributed by atoms with Gasteiger partial charge >= 0.3 is 0 Å². The number of aliphatic hydroxyl groups is 1. The molecule has 5 heteroatoms. The van der Waals surface area contributed by atoms with Crippen LogP contribution in [0.5, 0.6) is 0 Å². The topological polar surface area (TPSA) is 38.0 Å². The zero-order valence-corrected chi connectivity index (χ0v) is 11.1. The average molecular weight is 279 g/mol. The second-order valence-electron chi connectivity index (χ2n) is 4.00. The number of rotatable bonds is 2. The Morgan fingerprint density at radius 3 is 2.84 bits per heavy atom. The van der Waals surface area contributed by atoms with Gasteiger partial charge in [-0.2, -0.15) is 5.10 Å². The third-order valence-corrected chi connectivity index (χ3v) is 3.10. The molecule has 3 nitrogen and oxygen atoms in total. The fourth-order valence-electron chi connectivity index (χ4n) is 1.64. The van der Waals surface area contributed by atoms with Crippen LogP contribution in [0, 0.1) is 24.6 Å². The highest BCUT2D eigenvalue weighted by atomic mass is 35.5. The van der Waals surface area contributed by atoms with Crippen LogP contribution < -0.4 is 0 Å². The van der Waals surface area contributed by atoms with E-state index in [1.54, 1.807) is 16.8 Å². The van der Waals surface area contributed by atoms with E-state index < -0.39 is 0 Å². The standard InChI is InChI=1S/C14H12ClFN2O/c1-10-13(15)8-17-18(10)9-12-5-4-11(3-2-6-19)7-14(12)16/h4-5,7-8,19H,6,9H2,1H3. The Labute approximate surface area is 115 Å². The Bertz CT molecular complexity index is 655. The Kier molecular flexibility index (Phi) is 4.20. The molecule has 1 N–H and O–H groups in total. The van der Waals surface area contributed by atoms with Crippen LogP contribution in [0.15, 0.2) is 24.4 Å². The Balaban J connectivity index is 2.24. The van der Waals surface area contributed by atoms with Crippen molar-refractivity contribution in [3.63, 3.8) is 0 Å². The number of nitrogens with zero attached hydrogens (tertiary/aromatic N) is 2. The highest BCUT2D eigenvalue weighted by Crippen LogP contribution is 2.17. The maximum atomic E-state index is 13.9. The number of benzene rings is 1. The summed E-state index contributed by atoms with van der Waals surface area (Å²) in [4.78, 5) is 0. The SMILES string of the molecule is Cc1c(Cl)cnn1Cc1ccc(C#CCO)cc1F. The predicted octanol–water partition coefficient (Wildman–Crippen LogP) is 2.38. The molecule has 1 aromatic heterocycles. The van der Waals surface area contributed by atoms with Crippen LogP contribution in [0.1, 0.15) is 16.8 Å². The van der Waals surface area contributed by atoms with Crippen LogP contribution in [-0.4, -0.2) is 21.5 Å². The van der Waals surface area contributed by atoms with Crippen molar-refractivity contribution in [3.05, 3.63) is 52.1 Å². The quantitative estimate of drug-likeness (QED) is 0.857. The second kappa shape index (κ2) is 5.87. The van der Waals surface area contributed by atoms with Crippen molar-refractivity contribution in [3.8, 4) is 11.8 Å². The molecule has 1 heterocycles. The minimum Gasteiger partial charge on any atom is -0.384 e.